The highest BCUT2D eigenvalue weighted by Gasteiger charge is 2.09. The minimum Gasteiger partial charge on any atom is -0.493 e. The number of para-hydroxylation sites is 1. The van der Waals surface area contributed by atoms with Crippen molar-refractivity contribution in [3.8, 4) is 23.8 Å². The molecule has 22 heavy (non-hydrogen) atoms. The Labute approximate surface area is 138 Å². The van der Waals surface area contributed by atoms with Gasteiger partial charge in [-0.05, 0) is 40.2 Å². The monoisotopic (exact) mass is 358 g/mol. The van der Waals surface area contributed by atoms with Crippen LogP contribution in [0.15, 0.2) is 52.0 Å². The van der Waals surface area contributed by atoms with E-state index in [1.54, 1.807) is 19.4 Å². The molecule has 112 valence electrons. The number of terminal acetylenes is 1. The number of ether oxygens (including phenoxy) is 2. The third kappa shape index (κ3) is 4.27. The lowest BCUT2D eigenvalue weighted by molar-refractivity contribution is 0.330. The molecule has 2 aromatic carbocycles. The lowest BCUT2D eigenvalue weighted by atomic mass is 10.2. The van der Waals surface area contributed by atoms with E-state index in [-0.39, 0.29) is 6.61 Å². The van der Waals surface area contributed by atoms with Crippen LogP contribution in [0.5, 0.6) is 11.5 Å². The zero-order chi connectivity index (χ0) is 15.8. The maximum absolute atomic E-state index is 5.44. The average molecular weight is 359 g/mol. The van der Waals surface area contributed by atoms with Gasteiger partial charge in [-0.25, -0.2) is 0 Å². The summed E-state index contributed by atoms with van der Waals surface area (Å²) in [4.78, 5) is 0. The Hall–Kier alpha value is -2.45. The molecule has 0 bridgehead atoms. The van der Waals surface area contributed by atoms with E-state index in [1.807, 2.05) is 36.4 Å². The van der Waals surface area contributed by atoms with Crippen molar-refractivity contribution in [3.05, 3.63) is 52.5 Å². The molecule has 5 heteroatoms. The first-order valence-electron chi connectivity index (χ1n) is 6.52. The Balaban J connectivity index is 2.15. The molecule has 0 aliphatic rings. The minimum absolute atomic E-state index is 0.186. The quantitative estimate of drug-likeness (QED) is 0.483. The smallest absolute Gasteiger partial charge is 0.163 e. The molecule has 0 aliphatic heterocycles. The summed E-state index contributed by atoms with van der Waals surface area (Å²) in [5, 5.41) is 4.21. The van der Waals surface area contributed by atoms with Crippen molar-refractivity contribution in [2.75, 3.05) is 19.1 Å². The summed E-state index contributed by atoms with van der Waals surface area (Å²) in [6, 6.07) is 13.3. The van der Waals surface area contributed by atoms with E-state index in [4.69, 9.17) is 15.9 Å². The number of hydrogen-bond donors (Lipinski definition) is 1. The zero-order valence-corrected chi connectivity index (χ0v) is 13.6. The number of hydrazone groups is 1. The summed E-state index contributed by atoms with van der Waals surface area (Å²) in [6.07, 6.45) is 6.90. The zero-order valence-electron chi connectivity index (χ0n) is 12.0. The molecule has 0 spiro atoms. The van der Waals surface area contributed by atoms with Crippen LogP contribution >= 0.6 is 15.9 Å². The summed E-state index contributed by atoms with van der Waals surface area (Å²) >= 11 is 3.48. The molecule has 0 radical (unpaired) electrons. The number of nitrogens with zero attached hydrogens (tertiary/aromatic N) is 1. The molecule has 2 aromatic rings. The topological polar surface area (TPSA) is 42.8 Å². The van der Waals surface area contributed by atoms with E-state index in [0.29, 0.717) is 11.5 Å². The van der Waals surface area contributed by atoms with Crippen LogP contribution < -0.4 is 14.9 Å². The molecule has 0 fully saturated rings. The first-order valence-corrected chi connectivity index (χ1v) is 7.32. The van der Waals surface area contributed by atoms with Gasteiger partial charge in [0.2, 0.25) is 0 Å². The van der Waals surface area contributed by atoms with Gasteiger partial charge >= 0.3 is 0 Å². The molecule has 0 atom stereocenters. The lowest BCUT2D eigenvalue weighted by Crippen LogP contribution is -1.99. The van der Waals surface area contributed by atoms with Crippen LogP contribution in [0.1, 0.15) is 5.56 Å². The first-order chi connectivity index (χ1) is 10.7. The second-order valence-corrected chi connectivity index (χ2v) is 5.11. The predicted molar refractivity (Wildman–Crippen MR) is 92.7 cm³/mol. The summed E-state index contributed by atoms with van der Waals surface area (Å²) < 4.78 is 11.6. The molecular weight excluding hydrogens is 344 g/mol. The summed E-state index contributed by atoms with van der Waals surface area (Å²) in [5.41, 5.74) is 4.72. The van der Waals surface area contributed by atoms with Crippen LogP contribution in [-0.4, -0.2) is 19.9 Å². The fourth-order valence-corrected chi connectivity index (χ4v) is 2.16. The molecular formula is C17H15BrN2O2. The summed E-state index contributed by atoms with van der Waals surface area (Å²) in [5.74, 6) is 3.61. The number of rotatable bonds is 6. The van der Waals surface area contributed by atoms with Crippen LogP contribution in [0, 0.1) is 12.3 Å². The standard InChI is InChI=1S/C17H15BrN2O2/c1-3-9-22-17-11-15(18)13(10-16(17)21-2)12-19-20-14-7-5-4-6-8-14/h1,4-8,10-12,20H,9H2,2H3. The number of nitrogens with one attached hydrogen (secondary N) is 1. The maximum Gasteiger partial charge on any atom is 0.163 e. The van der Waals surface area contributed by atoms with Gasteiger partial charge < -0.3 is 9.47 Å². The van der Waals surface area contributed by atoms with E-state index in [0.717, 1.165) is 15.7 Å². The summed E-state index contributed by atoms with van der Waals surface area (Å²) in [6.45, 7) is 0.186. The highest BCUT2D eigenvalue weighted by molar-refractivity contribution is 9.10. The molecule has 4 nitrogen and oxygen atoms in total. The fraction of sp³-hybridized carbons (Fsp3) is 0.118. The average Bonchev–Trinajstić information content (AvgIpc) is 2.55. The molecule has 0 saturated carbocycles. The van der Waals surface area contributed by atoms with Gasteiger partial charge in [-0.2, -0.15) is 5.10 Å². The van der Waals surface area contributed by atoms with Crippen molar-refractivity contribution in [2.45, 2.75) is 0 Å². The van der Waals surface area contributed by atoms with Crippen molar-refractivity contribution in [1.82, 2.24) is 0 Å². The fourth-order valence-electron chi connectivity index (χ4n) is 1.73. The molecule has 0 unspecified atom stereocenters. The SMILES string of the molecule is C#CCOc1cc(Br)c(C=NNc2ccccc2)cc1OC. The normalized spacial score (nSPS) is 10.2. The van der Waals surface area contributed by atoms with E-state index in [1.165, 1.54) is 0 Å². The maximum atomic E-state index is 5.44. The third-order valence-corrected chi connectivity index (χ3v) is 3.45. The van der Waals surface area contributed by atoms with Crippen LogP contribution in [0.3, 0.4) is 0 Å². The minimum atomic E-state index is 0.186. The largest absolute Gasteiger partial charge is 0.493 e. The van der Waals surface area contributed by atoms with E-state index >= 15 is 0 Å². The second kappa shape index (κ2) is 8.11. The Morgan fingerprint density at radius 3 is 2.73 bits per heavy atom. The predicted octanol–water partition coefficient (Wildman–Crippen LogP) is 3.92. The van der Waals surface area contributed by atoms with Crippen molar-refractivity contribution in [2.24, 2.45) is 5.10 Å². The molecule has 0 amide bonds. The molecule has 0 aliphatic carbocycles. The van der Waals surface area contributed by atoms with Gasteiger partial charge in [-0.3, -0.25) is 5.43 Å². The number of anilines is 1. The Bertz CT molecular complexity index is 694. The van der Waals surface area contributed by atoms with Crippen LogP contribution in [0.2, 0.25) is 0 Å². The number of halogens is 1. The van der Waals surface area contributed by atoms with Crippen molar-refractivity contribution in [1.29, 1.82) is 0 Å². The molecule has 0 aromatic heterocycles. The summed E-state index contributed by atoms with van der Waals surface area (Å²) in [7, 11) is 1.58. The van der Waals surface area contributed by atoms with E-state index in [2.05, 4.69) is 32.4 Å². The number of hydrogen-bond acceptors (Lipinski definition) is 4. The van der Waals surface area contributed by atoms with Gasteiger partial charge in [0.15, 0.2) is 11.5 Å². The van der Waals surface area contributed by atoms with Crippen LogP contribution in [0.25, 0.3) is 0 Å². The Kier molecular flexibility index (Phi) is 5.87. The third-order valence-electron chi connectivity index (χ3n) is 2.77. The van der Waals surface area contributed by atoms with Gasteiger partial charge in [0.25, 0.3) is 0 Å². The van der Waals surface area contributed by atoms with Crippen LogP contribution in [-0.2, 0) is 0 Å². The number of methoxy groups -OCH3 is 1. The Morgan fingerprint density at radius 2 is 2.05 bits per heavy atom. The van der Waals surface area contributed by atoms with Gasteiger partial charge in [0.1, 0.15) is 6.61 Å². The number of benzene rings is 2. The second-order valence-electron chi connectivity index (χ2n) is 4.25. The van der Waals surface area contributed by atoms with Crippen molar-refractivity contribution < 1.29 is 9.47 Å². The molecule has 0 heterocycles. The lowest BCUT2D eigenvalue weighted by Gasteiger charge is -2.11. The van der Waals surface area contributed by atoms with Gasteiger partial charge in [-0.1, -0.05) is 24.1 Å². The Morgan fingerprint density at radius 1 is 1.27 bits per heavy atom. The molecule has 2 rings (SSSR count). The molecule has 0 saturated heterocycles. The highest BCUT2D eigenvalue weighted by Crippen LogP contribution is 2.32. The highest BCUT2D eigenvalue weighted by atomic mass is 79.9. The molecule has 1 N–H and O–H groups in total. The van der Waals surface area contributed by atoms with Gasteiger partial charge in [-0.15, -0.1) is 6.42 Å². The first kappa shape index (κ1) is 15.9. The van der Waals surface area contributed by atoms with E-state index < -0.39 is 0 Å². The van der Waals surface area contributed by atoms with Crippen molar-refractivity contribution >= 4 is 27.8 Å². The van der Waals surface area contributed by atoms with Gasteiger partial charge in [0, 0.05) is 10.0 Å². The van der Waals surface area contributed by atoms with Crippen LogP contribution in [0.4, 0.5) is 5.69 Å². The van der Waals surface area contributed by atoms with Crippen molar-refractivity contribution in [3.63, 3.8) is 0 Å². The van der Waals surface area contributed by atoms with E-state index in [9.17, 15) is 0 Å². The van der Waals surface area contributed by atoms with Gasteiger partial charge in [0.05, 0.1) is 19.0 Å².